The predicted octanol–water partition coefficient (Wildman–Crippen LogP) is 2.11. The highest BCUT2D eigenvalue weighted by atomic mass is 32.2. The Morgan fingerprint density at radius 2 is 1.72 bits per heavy atom. The number of hydrogen-bond acceptors (Lipinski definition) is 3. The van der Waals surface area contributed by atoms with Crippen molar-refractivity contribution in [2.45, 2.75) is 50.5 Å². The summed E-state index contributed by atoms with van der Waals surface area (Å²) in [4.78, 5) is 0.206. The van der Waals surface area contributed by atoms with Gasteiger partial charge in [-0.3, -0.25) is 0 Å². The smallest absolute Gasteiger partial charge is 0.242 e. The van der Waals surface area contributed by atoms with E-state index in [1.165, 1.54) is 0 Å². The minimum Gasteiger partial charge on any atom is -0.398 e. The largest absolute Gasteiger partial charge is 0.398 e. The third-order valence-electron chi connectivity index (χ3n) is 3.59. The van der Waals surface area contributed by atoms with Crippen LogP contribution in [0.3, 0.4) is 0 Å². The van der Waals surface area contributed by atoms with Crippen molar-refractivity contribution < 1.29 is 8.42 Å². The van der Waals surface area contributed by atoms with Crippen molar-refractivity contribution in [3.8, 4) is 0 Å². The molecule has 0 bridgehead atoms. The molecule has 0 amide bonds. The average molecular weight is 268 g/mol. The number of sulfonamides is 1. The number of nitrogen functional groups attached to an aromatic ring is 1. The number of benzene rings is 1. The topological polar surface area (TPSA) is 72.2 Å². The summed E-state index contributed by atoms with van der Waals surface area (Å²) in [5.41, 5.74) is 8.10. The van der Waals surface area contributed by atoms with Crippen LogP contribution in [0.15, 0.2) is 17.0 Å². The number of nitrogens with one attached hydrogen (secondary N) is 1. The molecule has 4 nitrogen and oxygen atoms in total. The Morgan fingerprint density at radius 1 is 1.17 bits per heavy atom. The molecule has 0 spiro atoms. The molecule has 1 aromatic carbocycles. The molecule has 0 saturated heterocycles. The molecule has 2 rings (SSSR count). The van der Waals surface area contributed by atoms with Gasteiger partial charge in [-0.1, -0.05) is 12.8 Å². The molecule has 5 heteroatoms. The van der Waals surface area contributed by atoms with Crippen LogP contribution >= 0.6 is 0 Å². The summed E-state index contributed by atoms with van der Waals surface area (Å²) in [6, 6.07) is 3.44. The molecule has 1 saturated carbocycles. The maximum atomic E-state index is 12.3. The molecule has 18 heavy (non-hydrogen) atoms. The Labute approximate surface area is 109 Å². The number of aryl methyl sites for hydroxylation is 2. The summed E-state index contributed by atoms with van der Waals surface area (Å²) < 4.78 is 27.3. The van der Waals surface area contributed by atoms with E-state index in [1.807, 2.05) is 13.8 Å². The summed E-state index contributed by atoms with van der Waals surface area (Å²) in [5, 5.41) is 0. The highest BCUT2D eigenvalue weighted by molar-refractivity contribution is 7.89. The van der Waals surface area contributed by atoms with E-state index >= 15 is 0 Å². The minimum atomic E-state index is -3.49. The highest BCUT2D eigenvalue weighted by Gasteiger charge is 2.24. The first kappa shape index (κ1) is 13.4. The first-order valence-electron chi connectivity index (χ1n) is 6.29. The van der Waals surface area contributed by atoms with Crippen molar-refractivity contribution in [1.29, 1.82) is 0 Å². The second-order valence-corrected chi connectivity index (χ2v) is 6.76. The molecule has 3 N–H and O–H groups in total. The van der Waals surface area contributed by atoms with E-state index < -0.39 is 10.0 Å². The Kier molecular flexibility index (Phi) is 3.64. The van der Waals surface area contributed by atoms with Crippen LogP contribution in [0.1, 0.15) is 36.8 Å². The molecule has 1 aliphatic rings. The summed E-state index contributed by atoms with van der Waals surface area (Å²) in [5.74, 6) is 0. The van der Waals surface area contributed by atoms with Crippen LogP contribution in [0.2, 0.25) is 0 Å². The van der Waals surface area contributed by atoms with Gasteiger partial charge in [-0.05, 0) is 49.9 Å². The Bertz CT molecular complexity index is 546. The Morgan fingerprint density at radius 3 is 2.33 bits per heavy atom. The van der Waals surface area contributed by atoms with Crippen molar-refractivity contribution in [2.75, 3.05) is 5.73 Å². The fourth-order valence-electron chi connectivity index (χ4n) is 2.37. The van der Waals surface area contributed by atoms with E-state index in [0.29, 0.717) is 5.69 Å². The van der Waals surface area contributed by atoms with Gasteiger partial charge in [0.1, 0.15) is 4.90 Å². The lowest BCUT2D eigenvalue weighted by atomic mass is 10.1. The van der Waals surface area contributed by atoms with Crippen molar-refractivity contribution >= 4 is 15.7 Å². The van der Waals surface area contributed by atoms with E-state index in [0.717, 1.165) is 36.8 Å². The third kappa shape index (κ3) is 2.67. The number of anilines is 1. The van der Waals surface area contributed by atoms with Gasteiger partial charge in [-0.15, -0.1) is 0 Å². The molecule has 100 valence electrons. The van der Waals surface area contributed by atoms with Gasteiger partial charge in [0.25, 0.3) is 0 Å². The molecule has 1 aromatic rings. The first-order chi connectivity index (χ1) is 8.40. The van der Waals surface area contributed by atoms with Gasteiger partial charge in [-0.2, -0.15) is 0 Å². The summed E-state index contributed by atoms with van der Waals surface area (Å²) in [6.07, 6.45) is 4.03. The van der Waals surface area contributed by atoms with Gasteiger partial charge in [0.05, 0.1) is 5.69 Å². The average Bonchev–Trinajstić information content (AvgIpc) is 2.75. The Hall–Kier alpha value is -1.07. The quantitative estimate of drug-likeness (QED) is 0.825. The van der Waals surface area contributed by atoms with E-state index in [-0.39, 0.29) is 10.9 Å². The maximum absolute atomic E-state index is 12.3. The van der Waals surface area contributed by atoms with Crippen molar-refractivity contribution in [1.82, 2.24) is 4.72 Å². The zero-order chi connectivity index (χ0) is 13.3. The normalized spacial score (nSPS) is 17.2. The fraction of sp³-hybridized carbons (Fsp3) is 0.538. The monoisotopic (exact) mass is 268 g/mol. The molecular weight excluding hydrogens is 248 g/mol. The first-order valence-corrected chi connectivity index (χ1v) is 7.77. The molecule has 0 aromatic heterocycles. The molecular formula is C13H20N2O2S. The standard InChI is InChI=1S/C13H20N2O2S/c1-9-7-12(14)13(8-10(9)2)18(16,17)15-11-5-3-4-6-11/h7-8,11,15H,3-6,14H2,1-2H3. The fourth-order valence-corrected chi connectivity index (χ4v) is 3.87. The van der Waals surface area contributed by atoms with Gasteiger partial charge >= 0.3 is 0 Å². The summed E-state index contributed by atoms with van der Waals surface area (Å²) >= 11 is 0. The van der Waals surface area contributed by atoms with E-state index in [1.54, 1.807) is 12.1 Å². The zero-order valence-electron chi connectivity index (χ0n) is 10.9. The lowest BCUT2D eigenvalue weighted by molar-refractivity contribution is 0.552. The molecule has 0 aliphatic heterocycles. The van der Waals surface area contributed by atoms with Crippen LogP contribution in [0.4, 0.5) is 5.69 Å². The predicted molar refractivity (Wildman–Crippen MR) is 72.9 cm³/mol. The van der Waals surface area contributed by atoms with Crippen LogP contribution in [0, 0.1) is 13.8 Å². The number of hydrogen-bond donors (Lipinski definition) is 2. The Balaban J connectivity index is 2.31. The SMILES string of the molecule is Cc1cc(N)c(S(=O)(=O)NC2CCCC2)cc1C. The molecule has 0 unspecified atom stereocenters. The van der Waals surface area contributed by atoms with Crippen LogP contribution in [0.25, 0.3) is 0 Å². The molecule has 1 fully saturated rings. The summed E-state index contributed by atoms with van der Waals surface area (Å²) in [7, 11) is -3.49. The number of rotatable bonds is 3. The molecule has 0 radical (unpaired) electrons. The molecule has 1 aliphatic carbocycles. The van der Waals surface area contributed by atoms with Gasteiger partial charge in [0, 0.05) is 6.04 Å². The third-order valence-corrected chi connectivity index (χ3v) is 5.17. The lowest BCUT2D eigenvalue weighted by Gasteiger charge is -2.15. The van der Waals surface area contributed by atoms with Gasteiger partial charge in [0.2, 0.25) is 10.0 Å². The van der Waals surface area contributed by atoms with Crippen molar-refractivity contribution in [3.63, 3.8) is 0 Å². The van der Waals surface area contributed by atoms with Crippen molar-refractivity contribution in [2.24, 2.45) is 0 Å². The second-order valence-electron chi connectivity index (χ2n) is 5.08. The van der Waals surface area contributed by atoms with Crippen LogP contribution in [0.5, 0.6) is 0 Å². The van der Waals surface area contributed by atoms with E-state index in [9.17, 15) is 8.42 Å². The van der Waals surface area contributed by atoms with Crippen LogP contribution < -0.4 is 10.5 Å². The maximum Gasteiger partial charge on any atom is 0.242 e. The van der Waals surface area contributed by atoms with Crippen molar-refractivity contribution in [3.05, 3.63) is 23.3 Å². The minimum absolute atomic E-state index is 0.0657. The molecule has 0 heterocycles. The highest BCUT2D eigenvalue weighted by Crippen LogP contribution is 2.25. The van der Waals surface area contributed by atoms with Gasteiger partial charge in [-0.25, -0.2) is 13.1 Å². The molecule has 0 atom stereocenters. The number of nitrogens with two attached hydrogens (primary N) is 1. The van der Waals surface area contributed by atoms with E-state index in [4.69, 9.17) is 5.73 Å². The van der Waals surface area contributed by atoms with E-state index in [2.05, 4.69) is 4.72 Å². The van der Waals surface area contributed by atoms with Gasteiger partial charge < -0.3 is 5.73 Å². The van der Waals surface area contributed by atoms with Gasteiger partial charge in [0.15, 0.2) is 0 Å². The second kappa shape index (κ2) is 4.90. The van der Waals surface area contributed by atoms with Crippen LogP contribution in [-0.4, -0.2) is 14.5 Å². The van der Waals surface area contributed by atoms with Crippen LogP contribution in [-0.2, 0) is 10.0 Å². The summed E-state index contributed by atoms with van der Waals surface area (Å²) in [6.45, 7) is 3.82. The zero-order valence-corrected chi connectivity index (χ0v) is 11.7. The lowest BCUT2D eigenvalue weighted by Crippen LogP contribution is -2.33.